The zero-order chi connectivity index (χ0) is 23.6. The summed E-state index contributed by atoms with van der Waals surface area (Å²) in [5.74, 6) is -0.676. The van der Waals surface area contributed by atoms with Crippen LogP contribution in [0.2, 0.25) is 0 Å². The summed E-state index contributed by atoms with van der Waals surface area (Å²) >= 11 is 0. The molecule has 7 heteroatoms. The van der Waals surface area contributed by atoms with E-state index in [0.29, 0.717) is 5.56 Å². The number of carbonyl (C=O) groups excluding carboxylic acids is 3. The number of alkyl carbamates (subject to hydrolysis) is 1. The minimum atomic E-state index is -0.887. The zero-order valence-electron chi connectivity index (χ0n) is 19.6. The Bertz CT molecular complexity index is 743. The van der Waals surface area contributed by atoms with E-state index in [0.717, 1.165) is 12.8 Å². The highest BCUT2D eigenvalue weighted by Crippen LogP contribution is 2.23. The first-order valence-corrected chi connectivity index (χ1v) is 10.8. The van der Waals surface area contributed by atoms with Gasteiger partial charge >= 0.3 is 6.09 Å². The molecular formula is C24H37N3O4. The number of amides is 3. The lowest BCUT2D eigenvalue weighted by Crippen LogP contribution is -2.52. The van der Waals surface area contributed by atoms with Crippen LogP contribution in [0, 0.1) is 0 Å². The van der Waals surface area contributed by atoms with Gasteiger partial charge in [-0.15, -0.1) is 6.58 Å². The van der Waals surface area contributed by atoms with Crippen molar-refractivity contribution in [3.63, 3.8) is 0 Å². The number of ether oxygens (including phenoxy) is 1. The molecule has 2 N–H and O–H groups in total. The summed E-state index contributed by atoms with van der Waals surface area (Å²) < 4.78 is 5.25. The molecule has 31 heavy (non-hydrogen) atoms. The maximum Gasteiger partial charge on any atom is 0.408 e. The van der Waals surface area contributed by atoms with Gasteiger partial charge in [-0.2, -0.15) is 0 Å². The van der Waals surface area contributed by atoms with E-state index in [4.69, 9.17) is 4.74 Å². The van der Waals surface area contributed by atoms with Gasteiger partial charge in [0.15, 0.2) is 0 Å². The molecule has 1 rings (SSSR count). The lowest BCUT2D eigenvalue weighted by molar-refractivity contribution is -0.141. The van der Waals surface area contributed by atoms with E-state index >= 15 is 0 Å². The highest BCUT2D eigenvalue weighted by Gasteiger charge is 2.34. The summed E-state index contributed by atoms with van der Waals surface area (Å²) in [6, 6.07) is 7.35. The zero-order valence-corrected chi connectivity index (χ0v) is 19.6. The topological polar surface area (TPSA) is 87.7 Å². The first-order valence-electron chi connectivity index (χ1n) is 10.8. The minimum absolute atomic E-state index is 0.0262. The van der Waals surface area contributed by atoms with Crippen molar-refractivity contribution in [3.05, 3.63) is 48.6 Å². The monoisotopic (exact) mass is 431 g/mol. The van der Waals surface area contributed by atoms with Crippen molar-refractivity contribution in [3.8, 4) is 0 Å². The maximum absolute atomic E-state index is 13.3. The van der Waals surface area contributed by atoms with Crippen molar-refractivity contribution < 1.29 is 19.1 Å². The van der Waals surface area contributed by atoms with Crippen LogP contribution in [-0.4, -0.2) is 47.0 Å². The molecule has 3 atom stereocenters. The molecular weight excluding hydrogens is 394 g/mol. The van der Waals surface area contributed by atoms with Crippen LogP contribution < -0.4 is 10.6 Å². The van der Waals surface area contributed by atoms with Crippen molar-refractivity contribution in [1.82, 2.24) is 15.5 Å². The molecule has 1 aromatic rings. The third kappa shape index (κ3) is 8.82. The molecule has 0 fully saturated rings. The van der Waals surface area contributed by atoms with Crippen LogP contribution in [0.5, 0.6) is 0 Å². The van der Waals surface area contributed by atoms with Gasteiger partial charge in [0.25, 0.3) is 0 Å². The van der Waals surface area contributed by atoms with E-state index < -0.39 is 29.7 Å². The molecule has 172 valence electrons. The maximum atomic E-state index is 13.3. The molecule has 1 aromatic carbocycles. The van der Waals surface area contributed by atoms with Gasteiger partial charge in [-0.05, 0) is 46.6 Å². The van der Waals surface area contributed by atoms with Crippen molar-refractivity contribution in [2.45, 2.75) is 78.1 Å². The molecule has 0 aliphatic carbocycles. The number of hydrogen-bond acceptors (Lipinski definition) is 4. The lowest BCUT2D eigenvalue weighted by atomic mass is 10.0. The SMILES string of the molecule is C=CCN(C(=O)C(C)NC(=O)OC(C)(C)C)C(C(=O)NC(C)CCC)c1ccccc1. The first-order chi connectivity index (χ1) is 14.5. The fourth-order valence-electron chi connectivity index (χ4n) is 3.19. The summed E-state index contributed by atoms with van der Waals surface area (Å²) in [4.78, 5) is 40.1. The molecule has 0 spiro atoms. The average molecular weight is 432 g/mol. The van der Waals surface area contributed by atoms with Crippen LogP contribution in [0.25, 0.3) is 0 Å². The third-order valence-corrected chi connectivity index (χ3v) is 4.50. The number of nitrogens with one attached hydrogen (secondary N) is 2. The summed E-state index contributed by atoms with van der Waals surface area (Å²) in [5, 5.41) is 5.57. The quantitative estimate of drug-likeness (QED) is 0.549. The Kier molecular flexibility index (Phi) is 10.3. The van der Waals surface area contributed by atoms with Gasteiger partial charge in [0.2, 0.25) is 11.8 Å². The molecule has 0 aliphatic rings. The molecule has 0 saturated heterocycles. The van der Waals surface area contributed by atoms with E-state index in [9.17, 15) is 14.4 Å². The van der Waals surface area contributed by atoms with E-state index in [1.54, 1.807) is 33.8 Å². The third-order valence-electron chi connectivity index (χ3n) is 4.50. The van der Waals surface area contributed by atoms with Gasteiger partial charge in [0, 0.05) is 12.6 Å². The Hall–Kier alpha value is -2.83. The van der Waals surface area contributed by atoms with E-state index in [1.165, 1.54) is 4.90 Å². The minimum Gasteiger partial charge on any atom is -0.444 e. The summed E-state index contributed by atoms with van der Waals surface area (Å²) in [6.07, 6.45) is 2.64. The summed E-state index contributed by atoms with van der Waals surface area (Å²) in [6.45, 7) is 14.7. The molecule has 0 bridgehead atoms. The van der Waals surface area contributed by atoms with E-state index in [-0.39, 0.29) is 18.5 Å². The number of benzene rings is 1. The van der Waals surface area contributed by atoms with Crippen molar-refractivity contribution in [2.24, 2.45) is 0 Å². The number of carbonyl (C=O) groups is 3. The Morgan fingerprint density at radius 3 is 2.26 bits per heavy atom. The Balaban J connectivity index is 3.17. The normalized spacial score (nSPS) is 14.0. The first kappa shape index (κ1) is 26.2. The Morgan fingerprint density at radius 2 is 1.74 bits per heavy atom. The predicted molar refractivity (Wildman–Crippen MR) is 122 cm³/mol. The second kappa shape index (κ2) is 12.1. The number of hydrogen-bond donors (Lipinski definition) is 2. The van der Waals surface area contributed by atoms with Gasteiger partial charge in [-0.3, -0.25) is 9.59 Å². The lowest BCUT2D eigenvalue weighted by Gasteiger charge is -2.33. The highest BCUT2D eigenvalue weighted by atomic mass is 16.6. The highest BCUT2D eigenvalue weighted by molar-refractivity contribution is 5.92. The van der Waals surface area contributed by atoms with Crippen LogP contribution in [0.3, 0.4) is 0 Å². The van der Waals surface area contributed by atoms with Crippen LogP contribution in [0.15, 0.2) is 43.0 Å². The predicted octanol–water partition coefficient (Wildman–Crippen LogP) is 3.96. The molecule has 0 aromatic heterocycles. The standard InChI is InChI=1S/C24H37N3O4/c1-8-13-17(3)25-21(28)20(19-14-11-10-12-15-19)27(16-9-2)22(29)18(4)26-23(30)31-24(5,6)7/h9-12,14-15,17-18,20H,2,8,13,16H2,1,3-7H3,(H,25,28)(H,26,30). The smallest absolute Gasteiger partial charge is 0.408 e. The summed E-state index contributed by atoms with van der Waals surface area (Å²) in [5.41, 5.74) is -0.00132. The number of rotatable bonds is 10. The van der Waals surface area contributed by atoms with E-state index in [1.807, 2.05) is 37.3 Å². The largest absolute Gasteiger partial charge is 0.444 e. The molecule has 3 amide bonds. The van der Waals surface area contributed by atoms with Gasteiger partial charge in [-0.25, -0.2) is 4.79 Å². The summed E-state index contributed by atoms with van der Waals surface area (Å²) in [7, 11) is 0. The van der Waals surface area contributed by atoms with Crippen LogP contribution in [0.1, 0.15) is 66.0 Å². The van der Waals surface area contributed by atoms with Crippen molar-refractivity contribution in [1.29, 1.82) is 0 Å². The molecule has 0 saturated carbocycles. The molecule has 0 radical (unpaired) electrons. The van der Waals surface area contributed by atoms with Gasteiger partial charge in [0.05, 0.1) is 0 Å². The molecule has 7 nitrogen and oxygen atoms in total. The second-order valence-electron chi connectivity index (χ2n) is 8.66. The Morgan fingerprint density at radius 1 is 1.13 bits per heavy atom. The van der Waals surface area contributed by atoms with Crippen LogP contribution in [0.4, 0.5) is 4.79 Å². The van der Waals surface area contributed by atoms with Gasteiger partial charge in [-0.1, -0.05) is 49.8 Å². The number of nitrogens with zero attached hydrogens (tertiary/aromatic N) is 1. The van der Waals surface area contributed by atoms with Crippen LogP contribution >= 0.6 is 0 Å². The molecule has 3 unspecified atom stereocenters. The van der Waals surface area contributed by atoms with E-state index in [2.05, 4.69) is 24.1 Å². The fourth-order valence-corrected chi connectivity index (χ4v) is 3.19. The van der Waals surface area contributed by atoms with Crippen molar-refractivity contribution in [2.75, 3.05) is 6.54 Å². The molecule has 0 heterocycles. The molecule has 0 aliphatic heterocycles. The fraction of sp³-hybridized carbons (Fsp3) is 0.542. The second-order valence-corrected chi connectivity index (χ2v) is 8.66. The Labute approximate surface area is 186 Å². The van der Waals surface area contributed by atoms with Gasteiger partial charge < -0.3 is 20.3 Å². The van der Waals surface area contributed by atoms with Gasteiger partial charge in [0.1, 0.15) is 17.7 Å². The van der Waals surface area contributed by atoms with Crippen LogP contribution in [-0.2, 0) is 14.3 Å². The average Bonchev–Trinajstić information content (AvgIpc) is 2.66. The van der Waals surface area contributed by atoms with Crippen molar-refractivity contribution >= 4 is 17.9 Å².